The van der Waals surface area contributed by atoms with Gasteiger partial charge in [-0.2, -0.15) is 8.42 Å². The molecule has 212 valence electrons. The maximum Gasteiger partial charge on any atom is 0.445 e. The van der Waals surface area contributed by atoms with Crippen LogP contribution < -0.4 is 0 Å². The number of benzene rings is 1. The van der Waals surface area contributed by atoms with Crippen LogP contribution in [-0.2, 0) is 21.0 Å². The molecule has 2 aliphatic carbocycles. The van der Waals surface area contributed by atoms with E-state index in [0.717, 1.165) is 36.8 Å². The van der Waals surface area contributed by atoms with E-state index in [4.69, 9.17) is 8.74 Å². The van der Waals surface area contributed by atoms with Crippen LogP contribution in [0.3, 0.4) is 0 Å². The SMILES string of the molecule is CC(=CCc1cc(O)ccc1O)CCCC(=COS(=O)(=O)O)CCC1C(C)=CCC2C(C)(C)CCCC12C. The van der Waals surface area contributed by atoms with Crippen molar-refractivity contribution in [1.29, 1.82) is 0 Å². The largest absolute Gasteiger partial charge is 0.508 e. The molecule has 0 spiro atoms. The minimum Gasteiger partial charge on any atom is -0.508 e. The summed E-state index contributed by atoms with van der Waals surface area (Å²) in [6, 6.07) is 4.51. The number of hydrogen-bond donors (Lipinski definition) is 3. The summed E-state index contributed by atoms with van der Waals surface area (Å²) >= 11 is 0. The average molecular weight is 547 g/mol. The molecule has 38 heavy (non-hydrogen) atoms. The summed E-state index contributed by atoms with van der Waals surface area (Å²) in [4.78, 5) is 0. The molecule has 3 rings (SSSR count). The van der Waals surface area contributed by atoms with Crippen molar-refractivity contribution in [2.24, 2.45) is 22.7 Å². The van der Waals surface area contributed by atoms with Gasteiger partial charge >= 0.3 is 10.4 Å². The Hall–Kier alpha value is -2.25. The van der Waals surface area contributed by atoms with Crippen molar-refractivity contribution in [2.45, 2.75) is 98.8 Å². The van der Waals surface area contributed by atoms with Gasteiger partial charge in [-0.25, -0.2) is 0 Å². The van der Waals surface area contributed by atoms with Gasteiger partial charge in [0.15, 0.2) is 0 Å². The summed E-state index contributed by atoms with van der Waals surface area (Å²) in [6.07, 6.45) is 15.0. The Morgan fingerprint density at radius 2 is 1.87 bits per heavy atom. The molecular formula is C31H46O6S. The molecule has 3 N–H and O–H groups in total. The first-order chi connectivity index (χ1) is 17.7. The third-order valence-corrected chi connectivity index (χ3v) is 9.53. The van der Waals surface area contributed by atoms with Crippen molar-refractivity contribution in [1.82, 2.24) is 0 Å². The molecule has 6 nitrogen and oxygen atoms in total. The maximum absolute atomic E-state index is 11.3. The Kier molecular flexibility index (Phi) is 9.80. The van der Waals surface area contributed by atoms with Crippen LogP contribution in [0.4, 0.5) is 0 Å². The van der Waals surface area contributed by atoms with Gasteiger partial charge < -0.3 is 14.4 Å². The van der Waals surface area contributed by atoms with Crippen LogP contribution in [0.1, 0.15) is 98.0 Å². The summed E-state index contributed by atoms with van der Waals surface area (Å²) < 4.78 is 36.4. The Labute approximate surface area is 229 Å². The molecule has 0 saturated heterocycles. The van der Waals surface area contributed by atoms with Crippen molar-refractivity contribution in [3.8, 4) is 11.5 Å². The highest BCUT2D eigenvalue weighted by Gasteiger charge is 2.51. The first-order valence-corrected chi connectivity index (χ1v) is 15.2. The van der Waals surface area contributed by atoms with E-state index in [1.807, 2.05) is 13.0 Å². The summed E-state index contributed by atoms with van der Waals surface area (Å²) in [5, 5.41) is 19.7. The highest BCUT2D eigenvalue weighted by molar-refractivity contribution is 7.81. The van der Waals surface area contributed by atoms with E-state index in [9.17, 15) is 18.6 Å². The number of phenols is 2. The van der Waals surface area contributed by atoms with Gasteiger partial charge in [-0.05, 0) is 118 Å². The average Bonchev–Trinajstić information content (AvgIpc) is 2.81. The van der Waals surface area contributed by atoms with Crippen LogP contribution in [0.2, 0.25) is 0 Å². The molecule has 1 fully saturated rings. The van der Waals surface area contributed by atoms with Gasteiger partial charge in [0.25, 0.3) is 0 Å². The van der Waals surface area contributed by atoms with Crippen molar-refractivity contribution in [2.75, 3.05) is 0 Å². The molecule has 0 amide bonds. The predicted octanol–water partition coefficient (Wildman–Crippen LogP) is 8.04. The number of rotatable bonds is 11. The molecule has 3 unspecified atom stereocenters. The van der Waals surface area contributed by atoms with E-state index >= 15 is 0 Å². The second kappa shape index (κ2) is 12.3. The molecule has 7 heteroatoms. The van der Waals surface area contributed by atoms with Crippen molar-refractivity contribution >= 4 is 10.4 Å². The third kappa shape index (κ3) is 7.89. The van der Waals surface area contributed by atoms with Crippen molar-refractivity contribution in [3.05, 3.63) is 58.9 Å². The predicted molar refractivity (Wildman–Crippen MR) is 152 cm³/mol. The molecule has 1 aromatic carbocycles. The van der Waals surface area contributed by atoms with Gasteiger partial charge in [0, 0.05) is 5.56 Å². The summed E-state index contributed by atoms with van der Waals surface area (Å²) in [5.74, 6) is 1.35. The molecule has 0 heterocycles. The highest BCUT2D eigenvalue weighted by atomic mass is 32.3. The van der Waals surface area contributed by atoms with Crippen LogP contribution in [0.25, 0.3) is 0 Å². The topological polar surface area (TPSA) is 104 Å². The molecule has 0 aliphatic heterocycles. The second-order valence-electron chi connectivity index (χ2n) is 12.4. The molecule has 0 bridgehead atoms. The standard InChI is InChI=1S/C31H46O6S/c1-22(10-13-25-20-26(32)14-16-28(25)33)8-6-9-24(21-37-38(34,35)36)12-15-27-23(2)11-17-29-30(3,4)18-7-19-31(27,29)5/h10-11,14,16,20-21,27,29,32-33H,6-9,12-13,15,17-19H2,1-5H3,(H,34,35,36). The monoisotopic (exact) mass is 546 g/mol. The lowest BCUT2D eigenvalue weighted by Crippen LogP contribution is -2.48. The number of allylic oxidation sites excluding steroid dienone is 5. The lowest BCUT2D eigenvalue weighted by Gasteiger charge is -2.57. The molecule has 0 aromatic heterocycles. The van der Waals surface area contributed by atoms with Crippen LogP contribution in [-0.4, -0.2) is 23.2 Å². The van der Waals surface area contributed by atoms with Gasteiger partial charge in [-0.3, -0.25) is 4.55 Å². The Morgan fingerprint density at radius 3 is 2.58 bits per heavy atom. The number of aromatic hydroxyl groups is 2. The third-order valence-electron chi connectivity index (χ3n) is 9.19. The summed E-state index contributed by atoms with van der Waals surface area (Å²) in [7, 11) is -4.55. The van der Waals surface area contributed by atoms with Crippen LogP contribution in [0.15, 0.2) is 53.3 Å². The normalized spacial score (nSPS) is 26.0. The highest BCUT2D eigenvalue weighted by Crippen LogP contribution is 2.60. The second-order valence-corrected chi connectivity index (χ2v) is 13.4. The van der Waals surface area contributed by atoms with Gasteiger partial charge in [-0.15, -0.1) is 0 Å². The lowest BCUT2D eigenvalue weighted by atomic mass is 9.48. The smallest absolute Gasteiger partial charge is 0.445 e. The quantitative estimate of drug-likeness (QED) is 0.112. The van der Waals surface area contributed by atoms with E-state index in [-0.39, 0.29) is 16.9 Å². The Balaban J connectivity index is 1.65. The van der Waals surface area contributed by atoms with Crippen LogP contribution in [0.5, 0.6) is 11.5 Å². The van der Waals surface area contributed by atoms with Gasteiger partial charge in [-0.1, -0.05) is 50.5 Å². The minimum atomic E-state index is -4.55. The minimum absolute atomic E-state index is 0.123. The zero-order valence-electron chi connectivity index (χ0n) is 23.7. The van der Waals surface area contributed by atoms with Gasteiger partial charge in [0.05, 0.1) is 0 Å². The lowest BCUT2D eigenvalue weighted by molar-refractivity contribution is -0.0390. The van der Waals surface area contributed by atoms with E-state index in [1.165, 1.54) is 43.2 Å². The Bertz CT molecular complexity index is 1180. The molecule has 3 atom stereocenters. The number of hydrogen-bond acceptors (Lipinski definition) is 5. The van der Waals surface area contributed by atoms with Crippen molar-refractivity contribution in [3.63, 3.8) is 0 Å². The van der Waals surface area contributed by atoms with E-state index < -0.39 is 10.4 Å². The zero-order valence-corrected chi connectivity index (χ0v) is 24.5. The van der Waals surface area contributed by atoms with E-state index in [1.54, 1.807) is 6.07 Å². The number of phenolic OH excluding ortho intramolecular Hbond substituents is 2. The summed E-state index contributed by atoms with van der Waals surface area (Å²) in [5.41, 5.74) is 4.68. The first kappa shape index (κ1) is 30.3. The van der Waals surface area contributed by atoms with Crippen LogP contribution >= 0.6 is 0 Å². The van der Waals surface area contributed by atoms with Gasteiger partial charge in [0.1, 0.15) is 17.8 Å². The fourth-order valence-electron chi connectivity index (χ4n) is 7.11. The molecule has 1 saturated carbocycles. The van der Waals surface area contributed by atoms with E-state index in [2.05, 4.69) is 33.8 Å². The first-order valence-electron chi connectivity index (χ1n) is 13.9. The molecule has 0 radical (unpaired) electrons. The number of fused-ring (bicyclic) bond motifs is 1. The fourth-order valence-corrected chi connectivity index (χ4v) is 7.37. The van der Waals surface area contributed by atoms with Crippen LogP contribution in [0, 0.1) is 22.7 Å². The molecule has 2 aliphatic rings. The molecular weight excluding hydrogens is 500 g/mol. The Morgan fingerprint density at radius 1 is 1.13 bits per heavy atom. The maximum atomic E-state index is 11.3. The fraction of sp³-hybridized carbons (Fsp3) is 0.613. The molecule has 1 aromatic rings. The van der Waals surface area contributed by atoms with E-state index in [0.29, 0.717) is 42.1 Å². The van der Waals surface area contributed by atoms with Gasteiger partial charge in [0.2, 0.25) is 0 Å². The zero-order chi connectivity index (χ0) is 28.1. The summed E-state index contributed by atoms with van der Waals surface area (Å²) in [6.45, 7) is 11.5. The van der Waals surface area contributed by atoms with Crippen molar-refractivity contribution < 1.29 is 27.4 Å².